The Bertz CT molecular complexity index is 373. The molecule has 2 rings (SSSR count). The summed E-state index contributed by atoms with van der Waals surface area (Å²) < 4.78 is 0. The quantitative estimate of drug-likeness (QED) is 0.421. The third kappa shape index (κ3) is 16.4. The summed E-state index contributed by atoms with van der Waals surface area (Å²) in [4.78, 5) is 0. The molecule has 0 bridgehead atoms. The molecule has 0 saturated carbocycles. The standard InChI is InChI=1S/2C6H7.C4H10Si.2ClH.Zr/c2*1-6-4-2-3-5-6;1-4(2)5-3;;;/h2*2-5H,1H3;4H,1-3H3;2*1H;/q2*-1;;;;+2/p-2. The second-order valence-corrected chi connectivity index (χ2v) is 13.1. The SMILES string of the molecule is CC(C)[Si](C)=[Zr+2].C[c-]1cccc1.C[c-]1cccc1.[Cl-].[Cl-]. The fourth-order valence-corrected chi connectivity index (χ4v) is 0.940. The monoisotopic (exact) mass is 404 g/mol. The van der Waals surface area contributed by atoms with Crippen molar-refractivity contribution >= 4 is 5.43 Å². The Morgan fingerprint density at radius 3 is 1.05 bits per heavy atom. The molecular weight excluding hydrogens is 382 g/mol. The normalized spacial score (nSPS) is 8.20. The average Bonchev–Trinajstić information content (AvgIpc) is 2.93. The maximum Gasteiger partial charge on any atom is -0.0860 e. The summed E-state index contributed by atoms with van der Waals surface area (Å²) >= 11 is 1.77. The molecule has 0 N–H and O–H groups in total. The van der Waals surface area contributed by atoms with Crippen LogP contribution in [0.25, 0.3) is 0 Å². The van der Waals surface area contributed by atoms with Crippen LogP contribution in [-0.2, 0) is 23.3 Å². The maximum absolute atomic E-state index is 2.38. The van der Waals surface area contributed by atoms with Crippen molar-refractivity contribution in [1.82, 2.24) is 0 Å². The number of rotatable bonds is 1. The van der Waals surface area contributed by atoms with Gasteiger partial charge in [-0.3, -0.25) is 0 Å². The van der Waals surface area contributed by atoms with E-state index in [2.05, 4.69) is 58.5 Å². The first-order chi connectivity index (χ1) is 8.43. The Hall–Kier alpha value is 0.380. The van der Waals surface area contributed by atoms with E-state index < -0.39 is 0 Å². The van der Waals surface area contributed by atoms with Gasteiger partial charge < -0.3 is 24.8 Å². The first-order valence-corrected chi connectivity index (χ1v) is 12.1. The molecule has 20 heavy (non-hydrogen) atoms. The molecular formula is C16H24Cl2SiZr-2. The van der Waals surface area contributed by atoms with Crippen LogP contribution in [0.2, 0.25) is 12.1 Å². The summed E-state index contributed by atoms with van der Waals surface area (Å²) in [5.41, 5.74) is 3.82. The van der Waals surface area contributed by atoms with Gasteiger partial charge >= 0.3 is 54.7 Å². The summed E-state index contributed by atoms with van der Waals surface area (Å²) in [6.45, 7) is 11.2. The Kier molecular flexibility index (Phi) is 20.0. The number of aryl methyl sites for hydroxylation is 2. The van der Waals surface area contributed by atoms with Crippen LogP contribution in [0.15, 0.2) is 48.5 Å². The molecule has 0 spiro atoms. The number of hydrogen-bond acceptors (Lipinski definition) is 0. The van der Waals surface area contributed by atoms with Crippen LogP contribution in [0.5, 0.6) is 0 Å². The molecule has 0 aliphatic heterocycles. The van der Waals surface area contributed by atoms with Gasteiger partial charge in [0.2, 0.25) is 0 Å². The molecule has 0 atom stereocenters. The van der Waals surface area contributed by atoms with Crippen molar-refractivity contribution in [2.24, 2.45) is 0 Å². The molecule has 0 amide bonds. The van der Waals surface area contributed by atoms with Gasteiger partial charge in [-0.2, -0.15) is 35.4 Å². The van der Waals surface area contributed by atoms with E-state index in [-0.39, 0.29) is 30.2 Å². The van der Waals surface area contributed by atoms with E-state index in [9.17, 15) is 0 Å². The summed E-state index contributed by atoms with van der Waals surface area (Å²) in [7, 11) is 0. The predicted molar refractivity (Wildman–Crippen MR) is 80.3 cm³/mol. The van der Waals surface area contributed by atoms with Crippen molar-refractivity contribution in [3.05, 3.63) is 59.7 Å². The van der Waals surface area contributed by atoms with Crippen molar-refractivity contribution in [3.8, 4) is 0 Å². The van der Waals surface area contributed by atoms with Crippen LogP contribution in [0.3, 0.4) is 0 Å². The average molecular weight is 407 g/mol. The van der Waals surface area contributed by atoms with E-state index in [4.69, 9.17) is 0 Å². The van der Waals surface area contributed by atoms with Crippen LogP contribution in [0.4, 0.5) is 0 Å². The van der Waals surface area contributed by atoms with Gasteiger partial charge in [0.05, 0.1) is 0 Å². The van der Waals surface area contributed by atoms with Gasteiger partial charge in [-0.25, -0.2) is 24.3 Å². The molecule has 0 saturated heterocycles. The second-order valence-electron chi connectivity index (χ2n) is 4.76. The largest absolute Gasteiger partial charge is 1.00 e. The smallest absolute Gasteiger partial charge is 0.0860 e. The first-order valence-electron chi connectivity index (χ1n) is 6.35. The van der Waals surface area contributed by atoms with Crippen molar-refractivity contribution in [1.29, 1.82) is 0 Å². The van der Waals surface area contributed by atoms with Crippen molar-refractivity contribution in [2.45, 2.75) is 39.8 Å². The van der Waals surface area contributed by atoms with Gasteiger partial charge in [-0.15, -0.1) is 0 Å². The van der Waals surface area contributed by atoms with Gasteiger partial charge in [0.25, 0.3) is 0 Å². The Labute approximate surface area is 152 Å². The molecule has 2 aromatic carbocycles. The molecule has 0 aromatic heterocycles. The topological polar surface area (TPSA) is 0 Å². The molecule has 112 valence electrons. The molecule has 0 radical (unpaired) electrons. The van der Waals surface area contributed by atoms with E-state index in [0.29, 0.717) is 0 Å². The molecule has 2 aromatic rings. The van der Waals surface area contributed by atoms with Gasteiger partial charge in [0, 0.05) is 0 Å². The zero-order chi connectivity index (χ0) is 14.0. The summed E-state index contributed by atoms with van der Waals surface area (Å²) in [6.07, 6.45) is 0. The Balaban J connectivity index is -0.000000206. The summed E-state index contributed by atoms with van der Waals surface area (Å²) in [5, 5.41) is 0. The third-order valence-corrected chi connectivity index (χ3v) is 8.51. The van der Waals surface area contributed by atoms with Crippen LogP contribution < -0.4 is 24.8 Å². The predicted octanol–water partition coefficient (Wildman–Crippen LogP) is -1.000. The molecule has 0 heterocycles. The molecule has 0 aliphatic carbocycles. The van der Waals surface area contributed by atoms with Crippen molar-refractivity contribution in [3.63, 3.8) is 0 Å². The van der Waals surface area contributed by atoms with Crippen molar-refractivity contribution < 1.29 is 48.1 Å². The summed E-state index contributed by atoms with van der Waals surface area (Å²) in [6, 6.07) is 16.5. The molecule has 0 unspecified atom stereocenters. The second kappa shape index (κ2) is 15.8. The van der Waals surface area contributed by atoms with E-state index in [1.807, 2.05) is 24.3 Å². The number of halogens is 2. The molecule has 0 aliphatic rings. The van der Waals surface area contributed by atoms with Gasteiger partial charge in [0.15, 0.2) is 0 Å². The zero-order valence-corrected chi connectivity index (χ0v) is 17.9. The van der Waals surface area contributed by atoms with Gasteiger partial charge in [-0.1, -0.05) is 13.8 Å². The molecule has 0 nitrogen and oxygen atoms in total. The minimum absolute atomic E-state index is 0. The van der Waals surface area contributed by atoms with E-state index in [1.54, 1.807) is 23.3 Å². The zero-order valence-electron chi connectivity index (χ0n) is 13.0. The van der Waals surface area contributed by atoms with E-state index in [0.717, 1.165) is 5.54 Å². The van der Waals surface area contributed by atoms with E-state index in [1.165, 1.54) is 11.1 Å². The fourth-order valence-electron chi connectivity index (χ4n) is 0.940. The minimum Gasteiger partial charge on any atom is -1.00 e. The first kappa shape index (κ1) is 25.3. The van der Waals surface area contributed by atoms with Gasteiger partial charge in [0.1, 0.15) is 0 Å². The molecule has 0 fully saturated rings. The van der Waals surface area contributed by atoms with Crippen LogP contribution in [-0.4, -0.2) is 5.43 Å². The van der Waals surface area contributed by atoms with Crippen LogP contribution in [0.1, 0.15) is 25.0 Å². The third-order valence-electron chi connectivity index (χ3n) is 2.52. The van der Waals surface area contributed by atoms with E-state index >= 15 is 0 Å². The van der Waals surface area contributed by atoms with Crippen LogP contribution in [0, 0.1) is 13.8 Å². The summed E-state index contributed by atoms with van der Waals surface area (Å²) in [5.74, 6) is 0. The Morgan fingerprint density at radius 2 is 1.00 bits per heavy atom. The van der Waals surface area contributed by atoms with Crippen LogP contribution >= 0.6 is 0 Å². The minimum atomic E-state index is 0. The maximum atomic E-state index is 2.38. The number of hydrogen-bond donors (Lipinski definition) is 0. The molecule has 4 heteroatoms. The fraction of sp³-hybridized carbons (Fsp3) is 0.375. The van der Waals surface area contributed by atoms with Gasteiger partial charge in [-0.05, 0) is 0 Å². The Morgan fingerprint density at radius 1 is 0.800 bits per heavy atom. The van der Waals surface area contributed by atoms with Crippen molar-refractivity contribution in [2.75, 3.05) is 0 Å².